The minimum absolute atomic E-state index is 0.127. The molecule has 0 radical (unpaired) electrons. The first-order chi connectivity index (χ1) is 36.2. The van der Waals surface area contributed by atoms with Crippen molar-refractivity contribution < 1.29 is 49.3 Å². The zero-order valence-corrected chi connectivity index (χ0v) is 48.2. The fraction of sp³-hybridized carbons (Fsp3) is 0.905. The summed E-state index contributed by atoms with van der Waals surface area (Å²) in [6.07, 6.45) is 49.3. The molecule has 1 heterocycles. The van der Waals surface area contributed by atoms with E-state index in [1.807, 2.05) is 6.08 Å². The fourth-order valence-electron chi connectivity index (χ4n) is 10.1. The average molecular weight is 1050 g/mol. The van der Waals surface area contributed by atoms with Crippen molar-refractivity contribution in [3.05, 3.63) is 24.3 Å². The van der Waals surface area contributed by atoms with Gasteiger partial charge in [0.2, 0.25) is 5.91 Å². The maximum absolute atomic E-state index is 13.4. The first-order valence-electron chi connectivity index (χ1n) is 31.6. The number of nitrogens with one attached hydrogen (secondary N) is 1. The van der Waals surface area contributed by atoms with Crippen molar-refractivity contribution >= 4 is 11.9 Å². The second kappa shape index (κ2) is 51.9. The Kier molecular flexibility index (Phi) is 49.2. The second-order valence-electron chi connectivity index (χ2n) is 22.1. The van der Waals surface area contributed by atoms with Crippen LogP contribution < -0.4 is 5.32 Å². The molecule has 0 aliphatic carbocycles. The molecule has 0 aromatic heterocycles. The summed E-state index contributed by atoms with van der Waals surface area (Å²) in [6, 6.07) is -1.02. The van der Waals surface area contributed by atoms with Gasteiger partial charge in [0.1, 0.15) is 24.4 Å². The Hall–Kier alpha value is -1.86. The second-order valence-corrected chi connectivity index (χ2v) is 22.1. The normalized spacial score (nSPS) is 19.4. The van der Waals surface area contributed by atoms with Gasteiger partial charge < -0.3 is 45.1 Å². The summed E-state index contributed by atoms with van der Waals surface area (Å²) >= 11 is 0. The number of ether oxygens (including phenoxy) is 3. The molecule has 11 heteroatoms. The van der Waals surface area contributed by atoms with Gasteiger partial charge in [0.25, 0.3) is 0 Å². The Balaban J connectivity index is 2.62. The lowest BCUT2D eigenvalue weighted by atomic mass is 9.99. The third-order valence-electron chi connectivity index (χ3n) is 15.1. The molecule has 0 bridgehead atoms. The third kappa shape index (κ3) is 39.5. The van der Waals surface area contributed by atoms with E-state index in [2.05, 4.69) is 38.2 Å². The van der Waals surface area contributed by atoms with Crippen molar-refractivity contribution in [3.63, 3.8) is 0 Å². The van der Waals surface area contributed by atoms with Crippen LogP contribution in [0.25, 0.3) is 0 Å². The zero-order valence-electron chi connectivity index (χ0n) is 48.2. The van der Waals surface area contributed by atoms with Crippen molar-refractivity contribution in [2.45, 2.75) is 352 Å². The van der Waals surface area contributed by atoms with Gasteiger partial charge >= 0.3 is 5.97 Å². The lowest BCUT2D eigenvalue weighted by Gasteiger charge is -2.41. The monoisotopic (exact) mass is 1050 g/mol. The molecule has 8 unspecified atom stereocenters. The smallest absolute Gasteiger partial charge is 0.306 e. The lowest BCUT2D eigenvalue weighted by molar-refractivity contribution is -0.305. The van der Waals surface area contributed by atoms with Crippen LogP contribution in [0.5, 0.6) is 0 Å². The largest absolute Gasteiger partial charge is 0.454 e. The van der Waals surface area contributed by atoms with Crippen molar-refractivity contribution in [1.82, 2.24) is 5.32 Å². The molecule has 1 aliphatic heterocycles. The van der Waals surface area contributed by atoms with Crippen molar-refractivity contribution in [2.75, 3.05) is 13.2 Å². The Morgan fingerprint density at radius 2 is 0.892 bits per heavy atom. The van der Waals surface area contributed by atoms with E-state index in [1.165, 1.54) is 199 Å². The van der Waals surface area contributed by atoms with Gasteiger partial charge in [-0.05, 0) is 51.4 Å². The van der Waals surface area contributed by atoms with Crippen molar-refractivity contribution in [3.8, 4) is 0 Å². The topological polar surface area (TPSA) is 175 Å². The number of hydrogen-bond acceptors (Lipinski definition) is 10. The summed E-state index contributed by atoms with van der Waals surface area (Å²) in [5, 5.41) is 56.9. The van der Waals surface area contributed by atoms with Crippen LogP contribution in [0.15, 0.2) is 24.3 Å². The highest BCUT2D eigenvalue weighted by Gasteiger charge is 2.47. The Labute approximate surface area is 454 Å². The van der Waals surface area contributed by atoms with Crippen LogP contribution in [0, 0.1) is 0 Å². The van der Waals surface area contributed by atoms with Crippen LogP contribution >= 0.6 is 0 Å². The highest BCUT2D eigenvalue weighted by molar-refractivity contribution is 5.80. The summed E-state index contributed by atoms with van der Waals surface area (Å²) in [5.41, 5.74) is 0. The number of aliphatic hydroxyl groups is 5. The van der Waals surface area contributed by atoms with Gasteiger partial charge in [0, 0.05) is 6.42 Å². The molecule has 8 atom stereocenters. The highest BCUT2D eigenvalue weighted by atomic mass is 16.7. The molecule has 1 saturated heterocycles. The molecular weight excluding hydrogens is 931 g/mol. The molecule has 0 aromatic rings. The number of esters is 1. The number of carbonyl (C=O) groups excluding carboxylic acids is 2. The van der Waals surface area contributed by atoms with Crippen LogP contribution in [0.1, 0.15) is 303 Å². The van der Waals surface area contributed by atoms with Gasteiger partial charge in [-0.3, -0.25) is 9.59 Å². The highest BCUT2D eigenvalue weighted by Crippen LogP contribution is 2.26. The van der Waals surface area contributed by atoms with E-state index in [0.717, 1.165) is 57.8 Å². The fourth-order valence-corrected chi connectivity index (χ4v) is 10.1. The van der Waals surface area contributed by atoms with Gasteiger partial charge in [0.05, 0.1) is 25.4 Å². The van der Waals surface area contributed by atoms with Crippen LogP contribution in [-0.2, 0) is 23.8 Å². The van der Waals surface area contributed by atoms with Gasteiger partial charge in [-0.15, -0.1) is 0 Å². The lowest BCUT2D eigenvalue weighted by Crippen LogP contribution is -2.61. The zero-order chi connectivity index (χ0) is 54.0. The number of rotatable bonds is 54. The predicted molar refractivity (Wildman–Crippen MR) is 306 cm³/mol. The van der Waals surface area contributed by atoms with E-state index in [4.69, 9.17) is 14.2 Å². The molecule has 11 nitrogen and oxygen atoms in total. The maximum Gasteiger partial charge on any atom is 0.306 e. The van der Waals surface area contributed by atoms with Crippen LogP contribution in [0.4, 0.5) is 0 Å². The van der Waals surface area contributed by atoms with Gasteiger partial charge in [-0.1, -0.05) is 270 Å². The van der Waals surface area contributed by atoms with E-state index in [0.29, 0.717) is 19.3 Å². The molecule has 0 saturated carbocycles. The molecule has 1 amide bonds. The molecule has 1 aliphatic rings. The summed E-state index contributed by atoms with van der Waals surface area (Å²) in [4.78, 5) is 26.5. The summed E-state index contributed by atoms with van der Waals surface area (Å²) in [5.74, 6) is -1.18. The molecule has 0 aromatic carbocycles. The predicted octanol–water partition coefficient (Wildman–Crippen LogP) is 14.9. The molecular formula is C63H119NO10. The number of allylic oxidation sites excluding steroid dienone is 3. The Morgan fingerprint density at radius 3 is 1.31 bits per heavy atom. The first kappa shape index (κ1) is 70.2. The SMILES string of the molecule is CCCCCCCC/C=C/CCCCCCCCCCCCCC(=O)OC1C(OCC(NC(=O)C(O)CCCCCCCCCCCCCC)C(O)/C=C/CCCCCCCCCCCC)OC(CO)C(O)C1O. The Bertz CT molecular complexity index is 1300. The molecule has 74 heavy (non-hydrogen) atoms. The van der Waals surface area contributed by atoms with Crippen molar-refractivity contribution in [1.29, 1.82) is 0 Å². The number of aliphatic hydroxyl groups excluding tert-OH is 5. The van der Waals surface area contributed by atoms with Crippen LogP contribution in [0.3, 0.4) is 0 Å². The standard InChI is InChI=1S/C63H119NO10/c1-4-7-10-13-16-19-22-25-26-27-28-29-30-31-32-33-36-39-42-45-48-51-58(68)74-61-60(70)59(69)57(52-65)73-63(61)72-53-54(55(66)49-46-43-40-37-34-23-20-17-14-11-8-5-2)64-62(71)56(67)50-47-44-41-38-35-24-21-18-15-12-9-6-3/h25-26,46,49,54-57,59-61,63,65-67,69-70H,4-24,27-45,47-48,50-53H2,1-3H3,(H,64,71)/b26-25+,49-46+. The number of carbonyl (C=O) groups is 2. The van der Waals surface area contributed by atoms with Crippen LogP contribution in [-0.4, -0.2) is 99.6 Å². The van der Waals surface area contributed by atoms with E-state index >= 15 is 0 Å². The van der Waals surface area contributed by atoms with Gasteiger partial charge in [0.15, 0.2) is 12.4 Å². The molecule has 0 spiro atoms. The Morgan fingerprint density at radius 1 is 0.514 bits per heavy atom. The van der Waals surface area contributed by atoms with Gasteiger partial charge in [-0.25, -0.2) is 0 Å². The molecule has 1 fully saturated rings. The van der Waals surface area contributed by atoms with E-state index in [-0.39, 0.29) is 13.0 Å². The van der Waals surface area contributed by atoms with E-state index in [1.54, 1.807) is 6.08 Å². The first-order valence-corrected chi connectivity index (χ1v) is 31.6. The number of unbranched alkanes of at least 4 members (excludes halogenated alkanes) is 38. The number of hydrogen-bond donors (Lipinski definition) is 6. The number of amides is 1. The molecule has 6 N–H and O–H groups in total. The van der Waals surface area contributed by atoms with E-state index in [9.17, 15) is 35.1 Å². The molecule has 436 valence electrons. The summed E-state index contributed by atoms with van der Waals surface area (Å²) < 4.78 is 17.6. The van der Waals surface area contributed by atoms with Gasteiger partial charge in [-0.2, -0.15) is 0 Å². The summed E-state index contributed by atoms with van der Waals surface area (Å²) in [7, 11) is 0. The quantitative estimate of drug-likeness (QED) is 0.0195. The minimum Gasteiger partial charge on any atom is -0.454 e. The van der Waals surface area contributed by atoms with Crippen LogP contribution in [0.2, 0.25) is 0 Å². The molecule has 1 rings (SSSR count). The minimum atomic E-state index is -1.61. The van der Waals surface area contributed by atoms with Crippen molar-refractivity contribution in [2.24, 2.45) is 0 Å². The maximum atomic E-state index is 13.4. The summed E-state index contributed by atoms with van der Waals surface area (Å²) in [6.45, 7) is 5.80. The average Bonchev–Trinajstić information content (AvgIpc) is 3.40. The third-order valence-corrected chi connectivity index (χ3v) is 15.1. The van der Waals surface area contributed by atoms with E-state index < -0.39 is 67.4 Å².